The number of ether oxygens (including phenoxy) is 1. The number of hydrogen-bond acceptors (Lipinski definition) is 4. The first kappa shape index (κ1) is 13.9. The minimum Gasteiger partial charge on any atom is -0.497 e. The third-order valence-electron chi connectivity index (χ3n) is 4.56. The van der Waals surface area contributed by atoms with Crippen molar-refractivity contribution in [1.29, 1.82) is 0 Å². The molecule has 20 heavy (non-hydrogen) atoms. The first-order valence-corrected chi connectivity index (χ1v) is 8.91. The molecule has 1 aliphatic carbocycles. The normalized spacial score (nSPS) is 31.2. The molecule has 1 N–H and O–H groups in total. The first-order chi connectivity index (χ1) is 9.55. The highest BCUT2D eigenvalue weighted by Crippen LogP contribution is 2.38. The standard InChI is InChI=1S/C15H21NO3S/c1-3-11-9-20(17,18)14-7-4-10-8-12(19-2)5-6-13(10)15(14)16-11/h5-6,8,11,14-16H,3-4,7,9H2,1-2H3. The fourth-order valence-corrected chi connectivity index (χ4v) is 5.68. The first-order valence-electron chi connectivity index (χ1n) is 7.19. The zero-order chi connectivity index (χ0) is 14.3. The van der Waals surface area contributed by atoms with Gasteiger partial charge in [-0.15, -0.1) is 0 Å². The number of benzene rings is 1. The lowest BCUT2D eigenvalue weighted by Gasteiger charge is -2.41. The monoisotopic (exact) mass is 295 g/mol. The van der Waals surface area contributed by atoms with Gasteiger partial charge in [0, 0.05) is 12.1 Å². The van der Waals surface area contributed by atoms with Crippen LogP contribution in [0.3, 0.4) is 0 Å². The van der Waals surface area contributed by atoms with Gasteiger partial charge in [0.25, 0.3) is 0 Å². The van der Waals surface area contributed by atoms with E-state index in [4.69, 9.17) is 4.74 Å². The van der Waals surface area contributed by atoms with Crippen LogP contribution in [0.1, 0.15) is 36.9 Å². The summed E-state index contributed by atoms with van der Waals surface area (Å²) in [6, 6.07) is 5.98. The van der Waals surface area contributed by atoms with E-state index in [1.807, 2.05) is 25.1 Å². The summed E-state index contributed by atoms with van der Waals surface area (Å²) in [4.78, 5) is 0. The van der Waals surface area contributed by atoms with Gasteiger partial charge >= 0.3 is 0 Å². The van der Waals surface area contributed by atoms with Crippen molar-refractivity contribution < 1.29 is 13.2 Å². The highest BCUT2D eigenvalue weighted by atomic mass is 32.2. The van der Waals surface area contributed by atoms with Crippen LogP contribution >= 0.6 is 0 Å². The van der Waals surface area contributed by atoms with E-state index in [9.17, 15) is 8.42 Å². The highest BCUT2D eigenvalue weighted by Gasteiger charge is 2.43. The van der Waals surface area contributed by atoms with Crippen LogP contribution in [0.25, 0.3) is 0 Å². The molecule has 1 heterocycles. The molecule has 0 saturated carbocycles. The van der Waals surface area contributed by atoms with E-state index in [1.54, 1.807) is 7.11 Å². The van der Waals surface area contributed by atoms with Crippen LogP contribution in [-0.2, 0) is 16.3 Å². The zero-order valence-corrected chi connectivity index (χ0v) is 12.7. The third kappa shape index (κ3) is 2.23. The number of aryl methyl sites for hydroxylation is 1. The van der Waals surface area contributed by atoms with Crippen molar-refractivity contribution in [3.05, 3.63) is 29.3 Å². The number of hydrogen-bond donors (Lipinski definition) is 1. The van der Waals surface area contributed by atoms with Crippen molar-refractivity contribution in [2.45, 2.75) is 43.5 Å². The van der Waals surface area contributed by atoms with Crippen LogP contribution in [0.4, 0.5) is 0 Å². The van der Waals surface area contributed by atoms with Gasteiger partial charge in [-0.2, -0.15) is 0 Å². The Morgan fingerprint density at radius 3 is 2.90 bits per heavy atom. The zero-order valence-electron chi connectivity index (χ0n) is 11.9. The van der Waals surface area contributed by atoms with E-state index in [0.29, 0.717) is 6.42 Å². The van der Waals surface area contributed by atoms with Crippen LogP contribution in [0, 0.1) is 0 Å². The summed E-state index contributed by atoms with van der Waals surface area (Å²) in [6.45, 7) is 2.03. The Morgan fingerprint density at radius 1 is 1.40 bits per heavy atom. The van der Waals surface area contributed by atoms with E-state index < -0.39 is 9.84 Å². The molecule has 3 rings (SSSR count). The fraction of sp³-hybridized carbons (Fsp3) is 0.600. The molecule has 0 bridgehead atoms. The average Bonchev–Trinajstić information content (AvgIpc) is 2.45. The number of sulfone groups is 1. The lowest BCUT2D eigenvalue weighted by atomic mass is 9.86. The third-order valence-corrected chi connectivity index (χ3v) is 6.86. The van der Waals surface area contributed by atoms with Gasteiger partial charge in [-0.1, -0.05) is 13.0 Å². The van der Waals surface area contributed by atoms with Crippen LogP contribution in [0.2, 0.25) is 0 Å². The molecule has 0 spiro atoms. The average molecular weight is 295 g/mol. The van der Waals surface area contributed by atoms with Crippen LogP contribution in [-0.4, -0.2) is 32.6 Å². The largest absolute Gasteiger partial charge is 0.497 e. The van der Waals surface area contributed by atoms with E-state index in [0.717, 1.165) is 24.2 Å². The van der Waals surface area contributed by atoms with Gasteiger partial charge in [0.2, 0.25) is 0 Å². The topological polar surface area (TPSA) is 55.4 Å². The van der Waals surface area contributed by atoms with E-state index in [-0.39, 0.29) is 23.1 Å². The van der Waals surface area contributed by atoms with Gasteiger partial charge in [-0.3, -0.25) is 0 Å². The minimum atomic E-state index is -3.00. The SMILES string of the molecule is CCC1CS(=O)(=O)C2CCc3cc(OC)ccc3C2N1. The number of rotatable bonds is 2. The highest BCUT2D eigenvalue weighted by molar-refractivity contribution is 7.92. The summed E-state index contributed by atoms with van der Waals surface area (Å²) in [7, 11) is -1.34. The molecule has 1 aromatic carbocycles. The van der Waals surface area contributed by atoms with Crippen molar-refractivity contribution in [1.82, 2.24) is 5.32 Å². The van der Waals surface area contributed by atoms with Crippen molar-refractivity contribution in [2.24, 2.45) is 0 Å². The van der Waals surface area contributed by atoms with Gasteiger partial charge in [0.1, 0.15) is 5.75 Å². The maximum atomic E-state index is 12.5. The molecule has 2 aliphatic rings. The van der Waals surface area contributed by atoms with Gasteiger partial charge in [-0.05, 0) is 42.5 Å². The number of methoxy groups -OCH3 is 1. The molecule has 0 aromatic heterocycles. The molecule has 3 atom stereocenters. The summed E-state index contributed by atoms with van der Waals surface area (Å²) in [6.07, 6.45) is 2.36. The maximum Gasteiger partial charge on any atom is 0.156 e. The lowest BCUT2D eigenvalue weighted by molar-refractivity contribution is 0.371. The quantitative estimate of drug-likeness (QED) is 0.904. The second kappa shape index (κ2) is 5.04. The Labute approximate surface area is 120 Å². The molecular formula is C15H21NO3S. The molecule has 1 aliphatic heterocycles. The van der Waals surface area contributed by atoms with E-state index in [2.05, 4.69) is 5.32 Å². The molecule has 5 heteroatoms. The molecule has 0 radical (unpaired) electrons. The summed E-state index contributed by atoms with van der Waals surface area (Å²) in [5.41, 5.74) is 2.34. The van der Waals surface area contributed by atoms with E-state index >= 15 is 0 Å². The summed E-state index contributed by atoms with van der Waals surface area (Å²) >= 11 is 0. The lowest BCUT2D eigenvalue weighted by Crippen LogP contribution is -2.53. The molecule has 1 fully saturated rings. The second-order valence-corrected chi connectivity index (χ2v) is 7.99. The molecular weight excluding hydrogens is 274 g/mol. The van der Waals surface area contributed by atoms with Gasteiger partial charge in [0.15, 0.2) is 9.84 Å². The Hall–Kier alpha value is -1.07. The molecule has 1 aromatic rings. The Bertz CT molecular complexity index is 612. The second-order valence-electron chi connectivity index (χ2n) is 5.72. The summed E-state index contributed by atoms with van der Waals surface area (Å²) in [5.74, 6) is 1.11. The van der Waals surface area contributed by atoms with Crippen molar-refractivity contribution in [2.75, 3.05) is 12.9 Å². The number of nitrogens with one attached hydrogen (secondary N) is 1. The molecule has 4 nitrogen and oxygen atoms in total. The minimum absolute atomic E-state index is 0.0617. The molecule has 1 saturated heterocycles. The maximum absolute atomic E-state index is 12.5. The fourth-order valence-electron chi connectivity index (χ4n) is 3.42. The van der Waals surface area contributed by atoms with Gasteiger partial charge in [-0.25, -0.2) is 8.42 Å². The predicted molar refractivity (Wildman–Crippen MR) is 78.8 cm³/mol. The number of fused-ring (bicyclic) bond motifs is 3. The van der Waals surface area contributed by atoms with Gasteiger partial charge < -0.3 is 10.1 Å². The van der Waals surface area contributed by atoms with Crippen molar-refractivity contribution in [3.63, 3.8) is 0 Å². The predicted octanol–water partition coefficient (Wildman–Crippen LogP) is 1.85. The van der Waals surface area contributed by atoms with E-state index in [1.165, 1.54) is 5.56 Å². The Kier molecular flexibility index (Phi) is 3.50. The van der Waals surface area contributed by atoms with Gasteiger partial charge in [0.05, 0.1) is 18.1 Å². The summed E-state index contributed by atoms with van der Waals surface area (Å²) < 4.78 is 30.2. The molecule has 3 unspecified atom stereocenters. The van der Waals surface area contributed by atoms with Crippen molar-refractivity contribution >= 4 is 9.84 Å². The van der Waals surface area contributed by atoms with Crippen LogP contribution in [0.5, 0.6) is 5.75 Å². The summed E-state index contributed by atoms with van der Waals surface area (Å²) in [5, 5.41) is 3.26. The van der Waals surface area contributed by atoms with Crippen LogP contribution in [0.15, 0.2) is 18.2 Å². The van der Waals surface area contributed by atoms with Crippen molar-refractivity contribution in [3.8, 4) is 5.75 Å². The Morgan fingerprint density at radius 2 is 2.20 bits per heavy atom. The van der Waals surface area contributed by atoms with Crippen LogP contribution < -0.4 is 10.1 Å². The Balaban J connectivity index is 2.02. The molecule has 110 valence electrons. The smallest absolute Gasteiger partial charge is 0.156 e. The molecule has 0 amide bonds.